The summed E-state index contributed by atoms with van der Waals surface area (Å²) < 4.78 is 28.4. The van der Waals surface area contributed by atoms with E-state index in [1.54, 1.807) is 30.3 Å². The van der Waals surface area contributed by atoms with Crippen molar-refractivity contribution in [2.45, 2.75) is 29.9 Å². The van der Waals surface area contributed by atoms with E-state index in [-0.39, 0.29) is 21.5 Å². The Labute approximate surface area is 161 Å². The normalized spacial score (nSPS) is 15.0. The summed E-state index contributed by atoms with van der Waals surface area (Å²) in [5.74, 6) is -1.37. The van der Waals surface area contributed by atoms with E-state index < -0.39 is 28.0 Å². The van der Waals surface area contributed by atoms with Crippen LogP contribution in [0.15, 0.2) is 53.4 Å². The number of nitrogens with two attached hydrogens (primary N) is 1. The maximum Gasteiger partial charge on any atom is 0.340 e. The number of rotatable bonds is 6. The van der Waals surface area contributed by atoms with E-state index in [2.05, 4.69) is 5.32 Å². The van der Waals surface area contributed by atoms with Gasteiger partial charge in [0.25, 0.3) is 5.91 Å². The minimum absolute atomic E-state index is 0.0122. The lowest BCUT2D eigenvalue weighted by Crippen LogP contribution is -2.33. The van der Waals surface area contributed by atoms with Crippen LogP contribution in [-0.2, 0) is 19.6 Å². The number of sulfonamides is 1. The molecular weight excluding hydrogens is 392 g/mol. The Morgan fingerprint density at radius 1 is 1.15 bits per heavy atom. The van der Waals surface area contributed by atoms with Gasteiger partial charge in [-0.15, -0.1) is 0 Å². The molecule has 9 heteroatoms. The average molecular weight is 409 g/mol. The zero-order valence-electron chi connectivity index (χ0n) is 14.1. The Morgan fingerprint density at radius 3 is 2.41 bits per heavy atom. The summed E-state index contributed by atoms with van der Waals surface area (Å²) in [7, 11) is -4.03. The number of halogens is 1. The quantitative estimate of drug-likeness (QED) is 0.710. The van der Waals surface area contributed by atoms with Crippen LogP contribution in [0.25, 0.3) is 0 Å². The Hall–Kier alpha value is -2.42. The molecule has 0 aliphatic heterocycles. The molecule has 1 aliphatic carbocycles. The van der Waals surface area contributed by atoms with Gasteiger partial charge in [-0.2, -0.15) is 0 Å². The summed E-state index contributed by atoms with van der Waals surface area (Å²) in [4.78, 5) is 24.9. The highest BCUT2D eigenvalue weighted by Gasteiger charge is 2.31. The zero-order chi connectivity index (χ0) is 19.6. The molecule has 1 amide bonds. The molecule has 1 fully saturated rings. The van der Waals surface area contributed by atoms with E-state index in [4.69, 9.17) is 21.5 Å². The van der Waals surface area contributed by atoms with Gasteiger partial charge in [0, 0.05) is 11.6 Å². The summed E-state index contributed by atoms with van der Waals surface area (Å²) in [6.07, 6.45) is 0.570. The molecule has 0 spiro atoms. The van der Waals surface area contributed by atoms with Gasteiger partial charge in [-0.3, -0.25) is 4.79 Å². The number of esters is 1. The van der Waals surface area contributed by atoms with Crippen LogP contribution in [0.3, 0.4) is 0 Å². The highest BCUT2D eigenvalue weighted by atomic mass is 35.5. The lowest BCUT2D eigenvalue weighted by molar-refractivity contribution is -0.130. The van der Waals surface area contributed by atoms with Gasteiger partial charge < -0.3 is 10.1 Å². The van der Waals surface area contributed by atoms with Gasteiger partial charge in [0.05, 0.1) is 15.5 Å². The smallest absolute Gasteiger partial charge is 0.340 e. The van der Waals surface area contributed by atoms with Crippen LogP contribution in [0.2, 0.25) is 5.02 Å². The van der Waals surface area contributed by atoms with Crippen LogP contribution in [0.5, 0.6) is 0 Å². The number of hydrogen-bond donors (Lipinski definition) is 2. The fraction of sp³-hybridized carbons (Fsp3) is 0.222. The highest BCUT2D eigenvalue weighted by Crippen LogP contribution is 2.26. The maximum absolute atomic E-state index is 12.6. The average Bonchev–Trinajstić information content (AvgIpc) is 3.43. The molecule has 2 aromatic carbocycles. The molecule has 0 saturated heterocycles. The number of amides is 1. The fourth-order valence-corrected chi connectivity index (χ4v) is 3.15. The number of carbonyl (C=O) groups excluding carboxylic acids is 2. The lowest BCUT2D eigenvalue weighted by atomic mass is 10.1. The van der Waals surface area contributed by atoms with E-state index in [0.717, 1.165) is 18.9 Å². The van der Waals surface area contributed by atoms with Gasteiger partial charge in [-0.05, 0) is 31.0 Å². The van der Waals surface area contributed by atoms with E-state index in [9.17, 15) is 18.0 Å². The van der Waals surface area contributed by atoms with Crippen molar-refractivity contribution >= 4 is 33.5 Å². The molecule has 0 bridgehead atoms. The molecule has 1 atom stereocenters. The number of nitrogens with one attached hydrogen (secondary N) is 1. The number of hydrogen-bond acceptors (Lipinski definition) is 5. The van der Waals surface area contributed by atoms with Crippen molar-refractivity contribution in [2.75, 3.05) is 0 Å². The Bertz CT molecular complexity index is 975. The largest absolute Gasteiger partial charge is 0.444 e. The highest BCUT2D eigenvalue weighted by molar-refractivity contribution is 7.89. The van der Waals surface area contributed by atoms with E-state index >= 15 is 0 Å². The van der Waals surface area contributed by atoms with Gasteiger partial charge in [-0.25, -0.2) is 18.4 Å². The van der Waals surface area contributed by atoms with Gasteiger partial charge in [0.2, 0.25) is 16.1 Å². The van der Waals surface area contributed by atoms with Crippen molar-refractivity contribution in [1.82, 2.24) is 5.32 Å². The summed E-state index contributed by atoms with van der Waals surface area (Å²) in [6.45, 7) is 0. The first-order chi connectivity index (χ1) is 12.8. The van der Waals surface area contributed by atoms with Gasteiger partial charge in [0.1, 0.15) is 0 Å². The predicted octanol–water partition coefficient (Wildman–Crippen LogP) is 2.16. The van der Waals surface area contributed by atoms with Crippen LogP contribution in [0.1, 0.15) is 34.9 Å². The fourth-order valence-electron chi connectivity index (χ4n) is 2.41. The van der Waals surface area contributed by atoms with E-state index in [0.29, 0.717) is 5.56 Å². The molecule has 0 heterocycles. The first-order valence-electron chi connectivity index (χ1n) is 8.14. The zero-order valence-corrected chi connectivity index (χ0v) is 15.7. The van der Waals surface area contributed by atoms with Crippen LogP contribution in [-0.4, -0.2) is 26.3 Å². The molecule has 1 aliphatic rings. The first kappa shape index (κ1) is 19.3. The summed E-state index contributed by atoms with van der Waals surface area (Å²) in [5, 5.41) is 7.87. The number of benzene rings is 2. The molecule has 7 nitrogen and oxygen atoms in total. The van der Waals surface area contributed by atoms with Crippen molar-refractivity contribution in [3.63, 3.8) is 0 Å². The van der Waals surface area contributed by atoms with Crippen LogP contribution < -0.4 is 10.5 Å². The summed E-state index contributed by atoms with van der Waals surface area (Å²) in [6, 6.07) is 12.1. The van der Waals surface area contributed by atoms with Crippen molar-refractivity contribution in [3.8, 4) is 0 Å². The third-order valence-electron chi connectivity index (χ3n) is 3.98. The van der Waals surface area contributed by atoms with Crippen molar-refractivity contribution < 1.29 is 22.7 Å². The SMILES string of the molecule is NS(=O)(=O)c1ccc(Cl)c(C(=O)O[C@H](C(=O)NC2CC2)c2ccccc2)c1. The first-order valence-corrected chi connectivity index (χ1v) is 10.1. The van der Waals surface area contributed by atoms with Crippen LogP contribution in [0, 0.1) is 0 Å². The molecule has 142 valence electrons. The van der Waals surface area contributed by atoms with Crippen LogP contribution >= 0.6 is 11.6 Å². The molecule has 0 aromatic heterocycles. The minimum atomic E-state index is -4.03. The van der Waals surface area contributed by atoms with Gasteiger partial charge in [-0.1, -0.05) is 41.9 Å². The van der Waals surface area contributed by atoms with Crippen molar-refractivity contribution in [2.24, 2.45) is 5.14 Å². The lowest BCUT2D eigenvalue weighted by Gasteiger charge is -2.18. The molecule has 27 heavy (non-hydrogen) atoms. The van der Waals surface area contributed by atoms with Crippen molar-refractivity contribution in [1.29, 1.82) is 0 Å². The number of ether oxygens (including phenoxy) is 1. The van der Waals surface area contributed by atoms with Crippen molar-refractivity contribution in [3.05, 3.63) is 64.7 Å². The van der Waals surface area contributed by atoms with Gasteiger partial charge >= 0.3 is 5.97 Å². The maximum atomic E-state index is 12.6. The molecule has 1 saturated carbocycles. The second-order valence-electron chi connectivity index (χ2n) is 6.17. The second kappa shape index (κ2) is 7.67. The van der Waals surface area contributed by atoms with E-state index in [1.807, 2.05) is 0 Å². The number of carbonyl (C=O) groups is 2. The van der Waals surface area contributed by atoms with E-state index in [1.165, 1.54) is 12.1 Å². The summed E-state index contributed by atoms with van der Waals surface area (Å²) >= 11 is 6.01. The Morgan fingerprint density at radius 2 is 1.81 bits per heavy atom. The molecule has 0 unspecified atom stereocenters. The Balaban J connectivity index is 1.89. The van der Waals surface area contributed by atoms with Gasteiger partial charge in [0.15, 0.2) is 0 Å². The molecule has 0 radical (unpaired) electrons. The third-order valence-corrected chi connectivity index (χ3v) is 5.22. The second-order valence-corrected chi connectivity index (χ2v) is 8.13. The topological polar surface area (TPSA) is 116 Å². The Kier molecular flexibility index (Phi) is 5.50. The molecular formula is C18H17ClN2O5S. The monoisotopic (exact) mass is 408 g/mol. The minimum Gasteiger partial charge on any atom is -0.444 e. The molecule has 2 aromatic rings. The standard InChI is InChI=1S/C18H17ClN2O5S/c19-15-9-8-13(27(20,24)25)10-14(15)18(23)26-16(11-4-2-1-3-5-11)17(22)21-12-6-7-12/h1-5,8-10,12,16H,6-7H2,(H,21,22)(H2,20,24,25)/t16-/m0/s1. The predicted molar refractivity (Wildman–Crippen MR) is 98.6 cm³/mol. The molecule has 3 rings (SSSR count). The third kappa shape index (κ3) is 4.85. The van der Waals surface area contributed by atoms with Crippen LogP contribution in [0.4, 0.5) is 0 Å². The number of primary sulfonamides is 1. The summed E-state index contributed by atoms with van der Waals surface area (Å²) in [5.41, 5.74) is 0.297. The molecule has 3 N–H and O–H groups in total.